The van der Waals surface area contributed by atoms with Gasteiger partial charge in [0.1, 0.15) is 5.69 Å². The highest BCUT2D eigenvalue weighted by Crippen LogP contribution is 2.20. The predicted octanol–water partition coefficient (Wildman–Crippen LogP) is 1.24. The van der Waals surface area contributed by atoms with Crippen LogP contribution in [0.15, 0.2) is 41.7 Å². The standard InChI is InChI=1S/C17H20N4O3S/c1-13-3-4-15(11-14(13)2)25(23,24)21-9-7-20(8-10-21)17(22)16-12-18-5-6-19-16/h3-6,11-12H,7-10H2,1-2H3. The van der Waals surface area contributed by atoms with E-state index in [9.17, 15) is 13.2 Å². The third-order valence-electron chi connectivity index (χ3n) is 4.42. The smallest absolute Gasteiger partial charge is 0.274 e. The molecule has 132 valence electrons. The zero-order chi connectivity index (χ0) is 18.0. The maximum absolute atomic E-state index is 12.8. The molecular formula is C17H20N4O3S. The molecule has 1 saturated heterocycles. The van der Waals surface area contributed by atoms with Gasteiger partial charge in [-0.3, -0.25) is 9.78 Å². The molecular weight excluding hydrogens is 340 g/mol. The van der Waals surface area contributed by atoms with Crippen molar-refractivity contribution in [2.75, 3.05) is 26.2 Å². The Labute approximate surface area is 147 Å². The molecule has 1 aromatic heterocycles. The van der Waals surface area contributed by atoms with E-state index in [1.165, 1.54) is 22.9 Å². The summed E-state index contributed by atoms with van der Waals surface area (Å²) >= 11 is 0. The van der Waals surface area contributed by atoms with E-state index in [2.05, 4.69) is 9.97 Å². The fourth-order valence-corrected chi connectivity index (χ4v) is 4.23. The summed E-state index contributed by atoms with van der Waals surface area (Å²) in [5.41, 5.74) is 2.27. The molecule has 8 heteroatoms. The van der Waals surface area contributed by atoms with Crippen LogP contribution in [0.5, 0.6) is 0 Å². The molecule has 1 aromatic carbocycles. The van der Waals surface area contributed by atoms with Crippen LogP contribution in [0.3, 0.4) is 0 Å². The number of hydrogen-bond acceptors (Lipinski definition) is 5. The second-order valence-corrected chi connectivity index (χ2v) is 7.97. The SMILES string of the molecule is Cc1ccc(S(=O)(=O)N2CCN(C(=O)c3cnccn3)CC2)cc1C. The maximum Gasteiger partial charge on any atom is 0.274 e. The average molecular weight is 360 g/mol. The monoisotopic (exact) mass is 360 g/mol. The van der Waals surface area contributed by atoms with Crippen LogP contribution >= 0.6 is 0 Å². The van der Waals surface area contributed by atoms with Crippen molar-refractivity contribution in [3.8, 4) is 0 Å². The first-order valence-corrected chi connectivity index (χ1v) is 9.46. The molecule has 0 aliphatic carbocycles. The van der Waals surface area contributed by atoms with Gasteiger partial charge in [-0.15, -0.1) is 0 Å². The van der Waals surface area contributed by atoms with Gasteiger partial charge in [-0.25, -0.2) is 13.4 Å². The lowest BCUT2D eigenvalue weighted by Crippen LogP contribution is -2.50. The number of aromatic nitrogens is 2. The number of sulfonamides is 1. The molecule has 0 unspecified atom stereocenters. The lowest BCUT2D eigenvalue weighted by molar-refractivity contribution is 0.0691. The number of carbonyl (C=O) groups is 1. The zero-order valence-corrected chi connectivity index (χ0v) is 15.0. The minimum Gasteiger partial charge on any atom is -0.335 e. The van der Waals surface area contributed by atoms with Crippen LogP contribution in [0, 0.1) is 13.8 Å². The highest BCUT2D eigenvalue weighted by Gasteiger charge is 2.30. The van der Waals surface area contributed by atoms with Gasteiger partial charge in [0.15, 0.2) is 0 Å². The lowest BCUT2D eigenvalue weighted by Gasteiger charge is -2.33. The van der Waals surface area contributed by atoms with Gasteiger partial charge in [-0.05, 0) is 37.1 Å². The van der Waals surface area contributed by atoms with E-state index in [1.807, 2.05) is 19.9 Å². The minimum atomic E-state index is -3.55. The Morgan fingerprint density at radius 1 is 1.04 bits per heavy atom. The molecule has 7 nitrogen and oxygen atoms in total. The van der Waals surface area contributed by atoms with Gasteiger partial charge >= 0.3 is 0 Å². The Morgan fingerprint density at radius 2 is 1.76 bits per heavy atom. The van der Waals surface area contributed by atoms with Crippen molar-refractivity contribution in [2.45, 2.75) is 18.7 Å². The van der Waals surface area contributed by atoms with E-state index >= 15 is 0 Å². The number of hydrogen-bond donors (Lipinski definition) is 0. The first kappa shape index (κ1) is 17.5. The quantitative estimate of drug-likeness (QED) is 0.822. The highest BCUT2D eigenvalue weighted by molar-refractivity contribution is 7.89. The van der Waals surface area contributed by atoms with E-state index in [0.717, 1.165) is 11.1 Å². The predicted molar refractivity (Wildman–Crippen MR) is 92.6 cm³/mol. The highest BCUT2D eigenvalue weighted by atomic mass is 32.2. The Morgan fingerprint density at radius 3 is 2.36 bits per heavy atom. The molecule has 1 fully saturated rings. The number of piperazine rings is 1. The van der Waals surface area contributed by atoms with Gasteiger partial charge in [0, 0.05) is 38.6 Å². The van der Waals surface area contributed by atoms with Gasteiger partial charge in [-0.1, -0.05) is 6.07 Å². The third kappa shape index (κ3) is 3.54. The summed E-state index contributed by atoms with van der Waals surface area (Å²) < 4.78 is 27.0. The summed E-state index contributed by atoms with van der Waals surface area (Å²) in [5.74, 6) is -0.226. The fraction of sp³-hybridized carbons (Fsp3) is 0.353. The van der Waals surface area contributed by atoms with Crippen molar-refractivity contribution in [2.24, 2.45) is 0 Å². The van der Waals surface area contributed by atoms with Crippen LogP contribution in [0.1, 0.15) is 21.6 Å². The van der Waals surface area contributed by atoms with Crippen LogP contribution in [0.4, 0.5) is 0 Å². The number of rotatable bonds is 3. The van der Waals surface area contributed by atoms with Crippen molar-refractivity contribution in [1.29, 1.82) is 0 Å². The molecule has 2 aromatic rings. The van der Waals surface area contributed by atoms with Crippen LogP contribution in [0.25, 0.3) is 0 Å². The normalized spacial score (nSPS) is 16.0. The number of amides is 1. The van der Waals surface area contributed by atoms with E-state index in [1.54, 1.807) is 17.0 Å². The molecule has 0 saturated carbocycles. The first-order valence-electron chi connectivity index (χ1n) is 8.02. The summed E-state index contributed by atoms with van der Waals surface area (Å²) in [6.07, 6.45) is 4.39. The van der Waals surface area contributed by atoms with Crippen LogP contribution in [-0.4, -0.2) is 59.7 Å². The zero-order valence-electron chi connectivity index (χ0n) is 14.2. The van der Waals surface area contributed by atoms with Crippen molar-refractivity contribution in [1.82, 2.24) is 19.2 Å². The van der Waals surface area contributed by atoms with E-state index in [0.29, 0.717) is 18.0 Å². The third-order valence-corrected chi connectivity index (χ3v) is 6.32. The van der Waals surface area contributed by atoms with Crippen LogP contribution in [-0.2, 0) is 10.0 Å². The topological polar surface area (TPSA) is 83.5 Å². The van der Waals surface area contributed by atoms with E-state index in [-0.39, 0.29) is 24.7 Å². The largest absolute Gasteiger partial charge is 0.335 e. The lowest BCUT2D eigenvalue weighted by atomic mass is 10.1. The summed E-state index contributed by atoms with van der Waals surface area (Å²) in [6, 6.07) is 5.15. The second-order valence-electron chi connectivity index (χ2n) is 6.03. The molecule has 1 aliphatic rings. The van der Waals surface area contributed by atoms with Crippen molar-refractivity contribution >= 4 is 15.9 Å². The Kier molecular flexibility index (Phi) is 4.82. The van der Waals surface area contributed by atoms with Gasteiger partial charge in [0.25, 0.3) is 5.91 Å². The first-order chi connectivity index (χ1) is 11.9. The Hall–Kier alpha value is -2.32. The maximum atomic E-state index is 12.8. The fourth-order valence-electron chi connectivity index (χ4n) is 2.73. The molecule has 0 radical (unpaired) electrons. The van der Waals surface area contributed by atoms with Crippen LogP contribution < -0.4 is 0 Å². The molecule has 3 rings (SSSR count). The van der Waals surface area contributed by atoms with E-state index < -0.39 is 10.0 Å². The molecule has 25 heavy (non-hydrogen) atoms. The van der Waals surface area contributed by atoms with Crippen LogP contribution in [0.2, 0.25) is 0 Å². The van der Waals surface area contributed by atoms with Crippen molar-refractivity contribution in [3.05, 3.63) is 53.6 Å². The number of aryl methyl sites for hydroxylation is 2. The number of nitrogens with zero attached hydrogens (tertiary/aromatic N) is 4. The van der Waals surface area contributed by atoms with Gasteiger partial charge in [-0.2, -0.15) is 4.31 Å². The van der Waals surface area contributed by atoms with Crippen molar-refractivity contribution < 1.29 is 13.2 Å². The molecule has 0 atom stereocenters. The number of benzene rings is 1. The molecule has 2 heterocycles. The van der Waals surface area contributed by atoms with Gasteiger partial charge in [0.05, 0.1) is 11.1 Å². The molecule has 1 amide bonds. The Balaban J connectivity index is 1.71. The summed E-state index contributed by atoms with van der Waals surface area (Å²) in [4.78, 5) is 22.2. The molecule has 0 N–H and O–H groups in total. The van der Waals surface area contributed by atoms with Gasteiger partial charge in [0.2, 0.25) is 10.0 Å². The van der Waals surface area contributed by atoms with E-state index in [4.69, 9.17) is 0 Å². The summed E-state index contributed by atoms with van der Waals surface area (Å²) in [7, 11) is -3.55. The number of carbonyl (C=O) groups excluding carboxylic acids is 1. The summed E-state index contributed by atoms with van der Waals surface area (Å²) in [5, 5.41) is 0. The minimum absolute atomic E-state index is 0.226. The second kappa shape index (κ2) is 6.89. The molecule has 1 aliphatic heterocycles. The Bertz CT molecular complexity index is 876. The molecule has 0 bridgehead atoms. The average Bonchev–Trinajstić information content (AvgIpc) is 2.64. The summed E-state index contributed by atoms with van der Waals surface area (Å²) in [6.45, 7) is 5.04. The van der Waals surface area contributed by atoms with Gasteiger partial charge < -0.3 is 4.90 Å². The van der Waals surface area contributed by atoms with Crippen molar-refractivity contribution in [3.63, 3.8) is 0 Å². The molecule has 0 spiro atoms.